The van der Waals surface area contributed by atoms with Gasteiger partial charge in [-0.1, -0.05) is 34.1 Å². The van der Waals surface area contributed by atoms with E-state index in [9.17, 15) is 0 Å². The van der Waals surface area contributed by atoms with Gasteiger partial charge in [-0.25, -0.2) is 0 Å². The molecule has 1 N–H and O–H groups in total. The van der Waals surface area contributed by atoms with Crippen LogP contribution in [0.1, 0.15) is 80.6 Å². The van der Waals surface area contributed by atoms with Gasteiger partial charge in [0.25, 0.3) is 0 Å². The predicted octanol–water partition coefficient (Wildman–Crippen LogP) is 5.50. The van der Waals surface area contributed by atoms with Crippen LogP contribution in [0.5, 0.6) is 0 Å². The molecular formula is C19H39N. The van der Waals surface area contributed by atoms with Crippen LogP contribution in [0.4, 0.5) is 0 Å². The third kappa shape index (κ3) is 6.16. The molecular weight excluding hydrogens is 242 g/mol. The molecule has 4 atom stereocenters. The maximum Gasteiger partial charge on any atom is 0.00966 e. The first kappa shape index (κ1) is 18.0. The smallest absolute Gasteiger partial charge is 0.00966 e. The van der Waals surface area contributed by atoms with Crippen molar-refractivity contribution in [2.75, 3.05) is 6.54 Å². The summed E-state index contributed by atoms with van der Waals surface area (Å²) in [5.74, 6) is 4.57. The Bertz CT molecular complexity index is 263. The monoisotopic (exact) mass is 281 g/mol. The van der Waals surface area contributed by atoms with Crippen LogP contribution in [0.15, 0.2) is 0 Å². The molecule has 4 unspecified atom stereocenters. The minimum Gasteiger partial charge on any atom is -0.312 e. The Labute approximate surface area is 128 Å². The highest BCUT2D eigenvalue weighted by Gasteiger charge is 2.32. The molecule has 0 bridgehead atoms. The lowest BCUT2D eigenvalue weighted by molar-refractivity contribution is 0.119. The van der Waals surface area contributed by atoms with Crippen LogP contribution in [0.25, 0.3) is 0 Å². The molecule has 0 radical (unpaired) electrons. The minimum atomic E-state index is 0.260. The second-order valence-corrected chi connectivity index (χ2v) is 8.72. The summed E-state index contributed by atoms with van der Waals surface area (Å²) >= 11 is 0. The molecule has 0 aromatic carbocycles. The fraction of sp³-hybridized carbons (Fsp3) is 1.00. The molecule has 0 saturated heterocycles. The standard InChI is InChI=1S/C19H39N/c1-8-15(4)11-18-12-16(14(2)3)9-10-17(18)13-20-19(5,6)7/h14-18,20H,8-13H2,1-7H3. The Balaban J connectivity index is 2.60. The summed E-state index contributed by atoms with van der Waals surface area (Å²) in [4.78, 5) is 0. The Hall–Kier alpha value is -0.0400. The molecule has 1 rings (SSSR count). The van der Waals surface area contributed by atoms with Gasteiger partial charge >= 0.3 is 0 Å². The van der Waals surface area contributed by atoms with Gasteiger partial charge < -0.3 is 5.32 Å². The first-order chi connectivity index (χ1) is 9.23. The second-order valence-electron chi connectivity index (χ2n) is 8.72. The summed E-state index contributed by atoms with van der Waals surface area (Å²) in [7, 11) is 0. The van der Waals surface area contributed by atoms with Crippen molar-refractivity contribution < 1.29 is 0 Å². The highest BCUT2D eigenvalue weighted by atomic mass is 14.9. The predicted molar refractivity (Wildman–Crippen MR) is 91.0 cm³/mol. The molecule has 1 aliphatic carbocycles. The molecule has 1 aliphatic rings. The minimum absolute atomic E-state index is 0.260. The summed E-state index contributed by atoms with van der Waals surface area (Å²) in [6.07, 6.45) is 7.13. The van der Waals surface area contributed by atoms with Crippen molar-refractivity contribution in [3.05, 3.63) is 0 Å². The Kier molecular flexibility index (Phi) is 7.04. The normalized spacial score (nSPS) is 29.7. The number of hydrogen-bond acceptors (Lipinski definition) is 1. The largest absolute Gasteiger partial charge is 0.312 e. The van der Waals surface area contributed by atoms with Crippen LogP contribution in [0.2, 0.25) is 0 Å². The summed E-state index contributed by atoms with van der Waals surface area (Å²) < 4.78 is 0. The molecule has 0 heterocycles. The van der Waals surface area contributed by atoms with Crippen molar-refractivity contribution in [2.45, 2.75) is 86.1 Å². The molecule has 1 nitrogen and oxygen atoms in total. The van der Waals surface area contributed by atoms with Gasteiger partial charge in [0.15, 0.2) is 0 Å². The molecule has 0 amide bonds. The average Bonchev–Trinajstić information content (AvgIpc) is 2.35. The Morgan fingerprint density at radius 3 is 2.20 bits per heavy atom. The van der Waals surface area contributed by atoms with Gasteiger partial charge in [0.1, 0.15) is 0 Å². The SMILES string of the molecule is CCC(C)CC1CC(C(C)C)CCC1CNC(C)(C)C. The summed E-state index contributed by atoms with van der Waals surface area (Å²) in [6, 6.07) is 0. The van der Waals surface area contributed by atoms with Crippen LogP contribution in [0, 0.1) is 29.6 Å². The van der Waals surface area contributed by atoms with E-state index < -0.39 is 0 Å². The van der Waals surface area contributed by atoms with Gasteiger partial charge in [0, 0.05) is 5.54 Å². The van der Waals surface area contributed by atoms with Crippen LogP contribution >= 0.6 is 0 Å². The molecule has 1 saturated carbocycles. The van der Waals surface area contributed by atoms with Gasteiger partial charge in [-0.2, -0.15) is 0 Å². The molecule has 0 aromatic rings. The van der Waals surface area contributed by atoms with Crippen molar-refractivity contribution in [1.29, 1.82) is 0 Å². The maximum absolute atomic E-state index is 3.76. The van der Waals surface area contributed by atoms with Crippen molar-refractivity contribution >= 4 is 0 Å². The van der Waals surface area contributed by atoms with E-state index >= 15 is 0 Å². The zero-order valence-corrected chi connectivity index (χ0v) is 15.1. The fourth-order valence-corrected chi connectivity index (χ4v) is 3.65. The summed E-state index contributed by atoms with van der Waals surface area (Å²) in [5, 5.41) is 3.76. The zero-order chi connectivity index (χ0) is 15.3. The Morgan fingerprint density at radius 2 is 1.70 bits per heavy atom. The van der Waals surface area contributed by atoms with Gasteiger partial charge in [-0.3, -0.25) is 0 Å². The van der Waals surface area contributed by atoms with E-state index in [0.29, 0.717) is 0 Å². The maximum atomic E-state index is 3.76. The quantitative estimate of drug-likeness (QED) is 0.678. The average molecular weight is 282 g/mol. The van der Waals surface area contributed by atoms with Crippen molar-refractivity contribution in [2.24, 2.45) is 29.6 Å². The third-order valence-corrected chi connectivity index (χ3v) is 5.42. The molecule has 0 spiro atoms. The lowest BCUT2D eigenvalue weighted by Crippen LogP contribution is -2.42. The molecule has 0 aliphatic heterocycles. The summed E-state index contributed by atoms with van der Waals surface area (Å²) in [6.45, 7) is 17.7. The zero-order valence-electron chi connectivity index (χ0n) is 15.1. The van der Waals surface area contributed by atoms with Crippen LogP contribution in [-0.4, -0.2) is 12.1 Å². The first-order valence-electron chi connectivity index (χ1n) is 8.98. The lowest BCUT2D eigenvalue weighted by atomic mass is 9.68. The van der Waals surface area contributed by atoms with E-state index in [1.807, 2.05) is 0 Å². The molecule has 1 fully saturated rings. The van der Waals surface area contributed by atoms with E-state index in [2.05, 4.69) is 53.8 Å². The van der Waals surface area contributed by atoms with Crippen molar-refractivity contribution in [3.8, 4) is 0 Å². The molecule has 20 heavy (non-hydrogen) atoms. The van der Waals surface area contributed by atoms with Crippen molar-refractivity contribution in [1.82, 2.24) is 5.32 Å². The third-order valence-electron chi connectivity index (χ3n) is 5.42. The number of hydrogen-bond donors (Lipinski definition) is 1. The first-order valence-corrected chi connectivity index (χ1v) is 8.98. The molecule has 120 valence electrons. The second kappa shape index (κ2) is 7.82. The van der Waals surface area contributed by atoms with Gasteiger partial charge in [0.05, 0.1) is 0 Å². The van der Waals surface area contributed by atoms with Gasteiger partial charge in [0.2, 0.25) is 0 Å². The number of nitrogens with one attached hydrogen (secondary N) is 1. The van der Waals surface area contributed by atoms with E-state index in [0.717, 1.165) is 29.6 Å². The highest BCUT2D eigenvalue weighted by molar-refractivity contribution is 4.85. The van der Waals surface area contributed by atoms with Crippen LogP contribution in [-0.2, 0) is 0 Å². The lowest BCUT2D eigenvalue weighted by Gasteiger charge is -2.40. The van der Waals surface area contributed by atoms with E-state index in [4.69, 9.17) is 0 Å². The fourth-order valence-electron chi connectivity index (χ4n) is 3.65. The van der Waals surface area contributed by atoms with Gasteiger partial charge in [-0.05, 0) is 82.6 Å². The molecule has 0 aromatic heterocycles. The van der Waals surface area contributed by atoms with Gasteiger partial charge in [-0.15, -0.1) is 0 Å². The highest BCUT2D eigenvalue weighted by Crippen LogP contribution is 2.40. The number of rotatable bonds is 6. The van der Waals surface area contributed by atoms with E-state index in [1.54, 1.807) is 0 Å². The van der Waals surface area contributed by atoms with E-state index in [1.165, 1.54) is 38.6 Å². The van der Waals surface area contributed by atoms with Crippen LogP contribution < -0.4 is 5.32 Å². The Morgan fingerprint density at radius 1 is 1.05 bits per heavy atom. The summed E-state index contributed by atoms with van der Waals surface area (Å²) in [5.41, 5.74) is 0.260. The molecule has 1 heteroatoms. The van der Waals surface area contributed by atoms with E-state index in [-0.39, 0.29) is 5.54 Å². The topological polar surface area (TPSA) is 12.0 Å². The van der Waals surface area contributed by atoms with Crippen molar-refractivity contribution in [3.63, 3.8) is 0 Å². The van der Waals surface area contributed by atoms with Crippen LogP contribution in [0.3, 0.4) is 0 Å².